The fraction of sp³-hybridized carbons (Fsp3) is 0.481. The van der Waals surface area contributed by atoms with Crippen LogP contribution in [-0.2, 0) is 16.2 Å². The first-order valence-corrected chi connectivity index (χ1v) is 33.8. The van der Waals surface area contributed by atoms with Crippen LogP contribution in [0.4, 0.5) is 0 Å². The van der Waals surface area contributed by atoms with E-state index in [1.165, 1.54) is 259 Å². The Labute approximate surface area is 493 Å². The Morgan fingerprint density at radius 3 is 0.654 bits per heavy atom. The van der Waals surface area contributed by atoms with E-state index in [0.29, 0.717) is 0 Å². The molecule has 81 heavy (non-hydrogen) atoms. The first kappa shape index (κ1) is 58.7. The van der Waals surface area contributed by atoms with Crippen molar-refractivity contribution < 1.29 is 0 Å². The summed E-state index contributed by atoms with van der Waals surface area (Å²) in [4.78, 5) is 0. The molecule has 7 aromatic carbocycles. The van der Waals surface area contributed by atoms with Crippen molar-refractivity contribution in [3.05, 3.63) is 179 Å². The molecule has 0 unspecified atom stereocenters. The summed E-state index contributed by atoms with van der Waals surface area (Å²) in [5.41, 5.74) is 26.5. The van der Waals surface area contributed by atoms with Gasteiger partial charge in [-0.15, -0.1) is 0 Å². The number of fused-ring (bicyclic) bond motifs is 9. The van der Waals surface area contributed by atoms with Crippen LogP contribution in [0.5, 0.6) is 0 Å². The smallest absolute Gasteiger partial charge is 0.0215 e. The highest BCUT2D eigenvalue weighted by Crippen LogP contribution is 2.59. The zero-order chi connectivity index (χ0) is 56.1. The molecule has 0 heterocycles. The molecule has 0 saturated heterocycles. The van der Waals surface area contributed by atoms with Gasteiger partial charge in [-0.05, 0) is 175 Å². The number of hydrogen-bond acceptors (Lipinski definition) is 0. The van der Waals surface area contributed by atoms with E-state index in [0.717, 1.165) is 0 Å². The van der Waals surface area contributed by atoms with Crippen molar-refractivity contribution >= 4 is 0 Å². The van der Waals surface area contributed by atoms with E-state index in [-0.39, 0.29) is 16.2 Å². The molecule has 0 saturated carbocycles. The molecule has 0 bridgehead atoms. The van der Waals surface area contributed by atoms with Crippen molar-refractivity contribution in [1.82, 2.24) is 0 Å². The molecule has 0 spiro atoms. The highest BCUT2D eigenvalue weighted by Gasteiger charge is 2.45. The maximum absolute atomic E-state index is 2.70. The summed E-state index contributed by atoms with van der Waals surface area (Å²) in [5, 5.41) is 0. The maximum Gasteiger partial charge on any atom is 0.0215 e. The van der Waals surface area contributed by atoms with Crippen LogP contribution >= 0.6 is 0 Å². The largest absolute Gasteiger partial charge is 0.0654 e. The van der Waals surface area contributed by atoms with Gasteiger partial charge in [-0.1, -0.05) is 305 Å². The van der Waals surface area contributed by atoms with E-state index in [1.54, 1.807) is 33.4 Å². The highest BCUT2D eigenvalue weighted by atomic mass is 14.5. The van der Waals surface area contributed by atoms with Crippen LogP contribution in [0.2, 0.25) is 0 Å². The summed E-state index contributed by atoms with van der Waals surface area (Å²) >= 11 is 0. The first-order chi connectivity index (χ1) is 39.9. The minimum atomic E-state index is 0.0308. The zero-order valence-electron chi connectivity index (χ0n) is 51.6. The number of rotatable bonds is 33. The van der Waals surface area contributed by atoms with Crippen LogP contribution < -0.4 is 0 Å². The van der Waals surface area contributed by atoms with E-state index < -0.39 is 0 Å². The van der Waals surface area contributed by atoms with E-state index in [2.05, 4.69) is 187 Å². The second-order valence-electron chi connectivity index (χ2n) is 25.8. The summed E-state index contributed by atoms with van der Waals surface area (Å²) < 4.78 is 0. The Bertz CT molecular complexity index is 2770. The van der Waals surface area contributed by atoms with Crippen molar-refractivity contribution in [2.24, 2.45) is 0 Å². The van der Waals surface area contributed by atoms with Gasteiger partial charge in [0.05, 0.1) is 0 Å². The molecular weight excluding hydrogens is 973 g/mol. The molecule has 0 aromatic heterocycles. The normalized spacial score (nSPS) is 14.6. The van der Waals surface area contributed by atoms with E-state index in [1.807, 2.05) is 0 Å². The second-order valence-corrected chi connectivity index (χ2v) is 25.8. The summed E-state index contributed by atoms with van der Waals surface area (Å²) in [7, 11) is 0. The molecule has 7 aromatic rings. The predicted octanol–water partition coefficient (Wildman–Crippen LogP) is 25.3. The lowest BCUT2D eigenvalue weighted by molar-refractivity contribution is 0.401. The number of hydrogen-bond donors (Lipinski definition) is 0. The molecule has 10 rings (SSSR count). The summed E-state index contributed by atoms with van der Waals surface area (Å²) in [6.45, 7) is 14.2. The minimum absolute atomic E-state index is 0.0308. The van der Waals surface area contributed by atoms with Crippen molar-refractivity contribution in [3.63, 3.8) is 0 Å². The lowest BCUT2D eigenvalue weighted by atomic mass is 9.70. The van der Waals surface area contributed by atoms with Crippen LogP contribution in [0.3, 0.4) is 0 Å². The SMILES string of the molecule is CCCCCCC1(CCCCCC)c2ccccc2-c2ccc(-c3cc(-c4ccc5c(c4)C(CCCCCC)(CCCCCC)c4ccccc4-5)cc(-c4ccc5c(c4)C(CCCCCC)(CCCCCC)c4ccccc4-5)c3)cc21. The van der Waals surface area contributed by atoms with Gasteiger partial charge >= 0.3 is 0 Å². The van der Waals surface area contributed by atoms with Crippen molar-refractivity contribution in [3.8, 4) is 66.8 Å². The van der Waals surface area contributed by atoms with Gasteiger partial charge in [0.1, 0.15) is 0 Å². The van der Waals surface area contributed by atoms with Crippen molar-refractivity contribution in [1.29, 1.82) is 0 Å². The van der Waals surface area contributed by atoms with Gasteiger partial charge < -0.3 is 0 Å². The van der Waals surface area contributed by atoms with Crippen LogP contribution in [-0.4, -0.2) is 0 Å². The molecule has 0 amide bonds. The minimum Gasteiger partial charge on any atom is -0.0654 e. The van der Waals surface area contributed by atoms with Gasteiger partial charge in [-0.3, -0.25) is 0 Å². The van der Waals surface area contributed by atoms with Crippen LogP contribution in [0.1, 0.15) is 268 Å². The van der Waals surface area contributed by atoms with Crippen molar-refractivity contribution in [2.75, 3.05) is 0 Å². The quantitative estimate of drug-likeness (QED) is 0.0360. The Kier molecular flexibility index (Phi) is 20.1. The molecule has 0 fully saturated rings. The molecule has 0 atom stereocenters. The summed E-state index contributed by atoms with van der Waals surface area (Å²) in [6, 6.07) is 59.7. The van der Waals surface area contributed by atoms with Gasteiger partial charge in [0.15, 0.2) is 0 Å². The third-order valence-electron chi connectivity index (χ3n) is 20.5. The Morgan fingerprint density at radius 1 is 0.198 bits per heavy atom. The van der Waals surface area contributed by atoms with Gasteiger partial charge in [0.25, 0.3) is 0 Å². The van der Waals surface area contributed by atoms with Gasteiger partial charge in [0, 0.05) is 16.2 Å². The van der Waals surface area contributed by atoms with Crippen molar-refractivity contribution in [2.45, 2.75) is 250 Å². The first-order valence-electron chi connectivity index (χ1n) is 33.8. The van der Waals surface area contributed by atoms with Crippen LogP contribution in [0, 0.1) is 0 Å². The fourth-order valence-electron chi connectivity index (χ4n) is 16.1. The Balaban J connectivity index is 1.16. The van der Waals surface area contributed by atoms with Gasteiger partial charge in [-0.25, -0.2) is 0 Å². The lowest BCUT2D eigenvalue weighted by Gasteiger charge is -2.33. The standard InChI is InChI=1S/C81H102/c1-7-13-19-31-49-79(50-32-20-14-8-2)73-40-28-25-37-67(73)70-46-43-61(58-76(70)79)64-55-65(62-44-47-71-68-38-26-29-41-74(68)80(77(71)59-62,51-33-21-15-9-3)52-34-22-16-10-4)57-66(56-64)63-45-48-72-69-39-27-30-42-75(69)81(78(72)60-63,53-35-23-17-11-5)54-36-24-18-12-6/h25-30,37-48,55-60H,7-24,31-36,49-54H2,1-6H3. The molecule has 0 N–H and O–H groups in total. The Morgan fingerprint density at radius 2 is 0.420 bits per heavy atom. The molecule has 0 nitrogen and oxygen atoms in total. The average molecular weight is 1080 g/mol. The fourth-order valence-corrected chi connectivity index (χ4v) is 16.1. The number of unbranched alkanes of at least 4 members (excludes halogenated alkanes) is 18. The molecule has 0 radical (unpaired) electrons. The zero-order valence-corrected chi connectivity index (χ0v) is 51.6. The van der Waals surface area contributed by atoms with Gasteiger partial charge in [0.2, 0.25) is 0 Å². The van der Waals surface area contributed by atoms with E-state index in [9.17, 15) is 0 Å². The summed E-state index contributed by atoms with van der Waals surface area (Å²) in [6.07, 6.45) is 38.4. The second kappa shape index (κ2) is 27.7. The summed E-state index contributed by atoms with van der Waals surface area (Å²) in [5.74, 6) is 0. The molecular formula is C81H102. The molecule has 0 heteroatoms. The van der Waals surface area contributed by atoms with E-state index in [4.69, 9.17) is 0 Å². The third kappa shape index (κ3) is 12.0. The molecule has 3 aliphatic rings. The highest BCUT2D eigenvalue weighted by molar-refractivity contribution is 5.90. The van der Waals surface area contributed by atoms with Crippen LogP contribution in [0.15, 0.2) is 146 Å². The average Bonchev–Trinajstić information content (AvgIpc) is 4.25. The number of benzene rings is 7. The molecule has 0 aliphatic heterocycles. The molecule has 426 valence electrons. The Hall–Kier alpha value is -5.46. The topological polar surface area (TPSA) is 0 Å². The monoisotopic (exact) mass is 1070 g/mol. The lowest BCUT2D eigenvalue weighted by Crippen LogP contribution is -2.25. The third-order valence-corrected chi connectivity index (χ3v) is 20.5. The van der Waals surface area contributed by atoms with E-state index >= 15 is 0 Å². The molecule has 3 aliphatic carbocycles. The maximum atomic E-state index is 2.70. The van der Waals surface area contributed by atoms with Crippen LogP contribution in [0.25, 0.3) is 66.8 Å². The predicted molar refractivity (Wildman–Crippen MR) is 354 cm³/mol. The van der Waals surface area contributed by atoms with Gasteiger partial charge in [-0.2, -0.15) is 0 Å².